The van der Waals surface area contributed by atoms with Gasteiger partial charge in [0.1, 0.15) is 11.6 Å². The number of ether oxygens (including phenoxy) is 1. The molecule has 1 atom stereocenters. The number of carbonyl (C=O) groups is 1. The molecular weight excluding hydrogens is 623 g/mol. The first-order valence-electron chi connectivity index (χ1n) is 15.5. The molecule has 1 amide bonds. The molecule has 0 aromatic carbocycles. The first-order valence-corrected chi connectivity index (χ1v) is 17.0. The Kier molecular flexibility index (Phi) is 8.18. The van der Waals surface area contributed by atoms with E-state index < -0.39 is 27.5 Å². The van der Waals surface area contributed by atoms with E-state index in [0.717, 1.165) is 24.8 Å². The van der Waals surface area contributed by atoms with E-state index in [1.807, 2.05) is 11.8 Å². The lowest BCUT2D eigenvalue weighted by molar-refractivity contribution is -0.189. The van der Waals surface area contributed by atoms with Gasteiger partial charge in [0.25, 0.3) is 15.9 Å². The van der Waals surface area contributed by atoms with Crippen LogP contribution in [0.2, 0.25) is 0 Å². The number of aryl methyl sites for hydroxylation is 1. The third-order valence-electron chi connectivity index (χ3n) is 9.28. The number of anilines is 2. The smallest absolute Gasteiger partial charge is 0.394 e. The maximum absolute atomic E-state index is 13.6. The zero-order valence-electron chi connectivity index (χ0n) is 26.0. The molecule has 6 rings (SSSR count). The van der Waals surface area contributed by atoms with Gasteiger partial charge in [0.15, 0.2) is 10.8 Å². The summed E-state index contributed by atoms with van der Waals surface area (Å²) < 4.78 is 75.6. The lowest BCUT2D eigenvalue weighted by atomic mass is 9.93. The van der Waals surface area contributed by atoms with Gasteiger partial charge in [-0.3, -0.25) is 4.79 Å². The highest BCUT2D eigenvalue weighted by Crippen LogP contribution is 2.60. The number of alkyl halides is 3. The quantitative estimate of drug-likeness (QED) is 0.334. The van der Waals surface area contributed by atoms with Crippen molar-refractivity contribution < 1.29 is 31.1 Å². The summed E-state index contributed by atoms with van der Waals surface area (Å²) in [5.74, 6) is 0.855. The van der Waals surface area contributed by atoms with Gasteiger partial charge >= 0.3 is 6.18 Å². The molecule has 1 aliphatic carbocycles. The molecule has 4 bridgehead atoms. The van der Waals surface area contributed by atoms with Crippen LogP contribution in [0, 0.1) is 18.3 Å². The molecule has 1 saturated heterocycles. The predicted molar refractivity (Wildman–Crippen MR) is 165 cm³/mol. The van der Waals surface area contributed by atoms with E-state index in [2.05, 4.69) is 34.0 Å². The summed E-state index contributed by atoms with van der Waals surface area (Å²) in [5, 5.41) is 7.38. The highest BCUT2D eigenvalue weighted by atomic mass is 32.2. The molecule has 11 nitrogen and oxygen atoms in total. The van der Waals surface area contributed by atoms with Crippen molar-refractivity contribution in [2.75, 3.05) is 29.9 Å². The van der Waals surface area contributed by atoms with Crippen molar-refractivity contribution in [1.29, 1.82) is 0 Å². The van der Waals surface area contributed by atoms with Gasteiger partial charge in [-0.05, 0) is 95.4 Å². The molecule has 0 radical (unpaired) electrons. The van der Waals surface area contributed by atoms with Crippen molar-refractivity contribution in [3.05, 3.63) is 47.7 Å². The van der Waals surface area contributed by atoms with Gasteiger partial charge < -0.3 is 15.0 Å². The van der Waals surface area contributed by atoms with Crippen LogP contribution in [-0.4, -0.2) is 65.5 Å². The fourth-order valence-electron chi connectivity index (χ4n) is 6.49. The van der Waals surface area contributed by atoms with Crippen molar-refractivity contribution in [3.63, 3.8) is 0 Å². The Morgan fingerprint density at radius 2 is 1.89 bits per heavy atom. The van der Waals surface area contributed by atoms with E-state index in [0.29, 0.717) is 36.5 Å². The first kappa shape index (κ1) is 32.1. The number of rotatable bonds is 6. The molecule has 3 aromatic rings. The summed E-state index contributed by atoms with van der Waals surface area (Å²) in [6.45, 7) is 7.32. The SMILES string of the molecule is Cc1ccc2nc1NCCC[C@@H]1CN(c3nc(-n4ccc(OCCCC5(C(F)(F)F)CC5)n4)ccc3C(=O)NS2(=O)=O)C(C)(C)C1. The average molecular weight is 662 g/mol. The Balaban J connectivity index is 1.27. The van der Waals surface area contributed by atoms with Crippen LogP contribution in [0.4, 0.5) is 24.8 Å². The maximum atomic E-state index is 13.6. The third kappa shape index (κ3) is 6.38. The summed E-state index contributed by atoms with van der Waals surface area (Å²) in [5.41, 5.74) is -1.07. The highest BCUT2D eigenvalue weighted by molar-refractivity contribution is 7.90. The number of amides is 1. The Morgan fingerprint density at radius 3 is 2.63 bits per heavy atom. The number of hydrogen-bond donors (Lipinski definition) is 2. The highest BCUT2D eigenvalue weighted by Gasteiger charge is 2.62. The number of nitrogens with one attached hydrogen (secondary N) is 2. The molecule has 3 aromatic heterocycles. The summed E-state index contributed by atoms with van der Waals surface area (Å²) in [4.78, 5) is 24.8. The van der Waals surface area contributed by atoms with E-state index in [9.17, 15) is 26.4 Å². The van der Waals surface area contributed by atoms with E-state index >= 15 is 0 Å². The normalized spacial score (nSPS) is 21.7. The van der Waals surface area contributed by atoms with Crippen molar-refractivity contribution in [3.8, 4) is 11.7 Å². The second-order valence-electron chi connectivity index (χ2n) is 13.2. The van der Waals surface area contributed by atoms with Crippen LogP contribution >= 0.6 is 0 Å². The van der Waals surface area contributed by atoms with Crippen LogP contribution in [-0.2, 0) is 10.0 Å². The number of sulfonamides is 1. The molecule has 2 fully saturated rings. The standard InChI is InChI=1S/C31H38F3N7O4S/c1-20-7-10-25-37-26(20)35-15-4-6-21-18-29(2,3)40(19-21)27-22(28(42)39-46(25,43)44)8-9-23(36-27)41-16-11-24(38-41)45-17-5-12-30(13-14-30)31(32,33)34/h7-11,16,21H,4-6,12-15,17-19H2,1-3H3,(H,35,37)(H,39,42)/t21-/m0/s1. The molecule has 2 N–H and O–H groups in total. The lowest BCUT2D eigenvalue weighted by Crippen LogP contribution is -2.41. The molecule has 2 aliphatic heterocycles. The molecule has 0 unspecified atom stereocenters. The van der Waals surface area contributed by atoms with Crippen LogP contribution < -0.4 is 19.7 Å². The number of hydrogen-bond acceptors (Lipinski definition) is 9. The maximum Gasteiger partial charge on any atom is 0.394 e. The minimum Gasteiger partial charge on any atom is -0.477 e. The van der Waals surface area contributed by atoms with Gasteiger partial charge in [0.05, 0.1) is 17.6 Å². The van der Waals surface area contributed by atoms with Crippen molar-refractivity contribution in [2.24, 2.45) is 11.3 Å². The summed E-state index contributed by atoms with van der Waals surface area (Å²) >= 11 is 0. The number of nitrogens with zero attached hydrogens (tertiary/aromatic N) is 5. The number of pyridine rings is 2. The van der Waals surface area contributed by atoms with Gasteiger partial charge in [0, 0.05) is 30.9 Å². The minimum atomic E-state index is -4.31. The minimum absolute atomic E-state index is 0.0195. The molecule has 0 spiro atoms. The lowest BCUT2D eigenvalue weighted by Gasteiger charge is -2.34. The van der Waals surface area contributed by atoms with Crippen LogP contribution in [0.5, 0.6) is 5.88 Å². The topological polar surface area (TPSA) is 131 Å². The average Bonchev–Trinajstić information content (AvgIpc) is 3.54. The number of fused-ring (bicyclic) bond motifs is 6. The fraction of sp³-hybridized carbons (Fsp3) is 0.548. The van der Waals surface area contributed by atoms with Crippen LogP contribution in [0.3, 0.4) is 0 Å². The zero-order valence-corrected chi connectivity index (χ0v) is 26.8. The zero-order chi connectivity index (χ0) is 32.9. The monoisotopic (exact) mass is 661 g/mol. The van der Waals surface area contributed by atoms with Crippen molar-refractivity contribution in [1.82, 2.24) is 24.5 Å². The second kappa shape index (κ2) is 11.7. The Labute approximate surface area is 266 Å². The van der Waals surface area contributed by atoms with Crippen LogP contribution in [0.25, 0.3) is 5.82 Å². The molecule has 248 valence electrons. The van der Waals surface area contributed by atoms with E-state index in [4.69, 9.17) is 9.72 Å². The molecule has 46 heavy (non-hydrogen) atoms. The predicted octanol–water partition coefficient (Wildman–Crippen LogP) is 5.40. The van der Waals surface area contributed by atoms with Gasteiger partial charge in [0.2, 0.25) is 5.88 Å². The van der Waals surface area contributed by atoms with Crippen LogP contribution in [0.15, 0.2) is 41.6 Å². The number of halogens is 3. The van der Waals surface area contributed by atoms with E-state index in [1.165, 1.54) is 16.8 Å². The van der Waals surface area contributed by atoms with E-state index in [-0.39, 0.29) is 54.3 Å². The second-order valence-corrected chi connectivity index (χ2v) is 14.8. The summed E-state index contributed by atoms with van der Waals surface area (Å²) in [6, 6.07) is 7.69. The summed E-state index contributed by atoms with van der Waals surface area (Å²) in [6.07, 6.45) is 0.622. The molecule has 15 heteroatoms. The Hall–Kier alpha value is -3.88. The molecule has 3 aliphatic rings. The number of carbonyl (C=O) groups excluding carboxylic acids is 1. The van der Waals surface area contributed by atoms with Gasteiger partial charge in [-0.25, -0.2) is 19.4 Å². The third-order valence-corrected chi connectivity index (χ3v) is 10.5. The molecular formula is C31H38F3N7O4S. The summed E-state index contributed by atoms with van der Waals surface area (Å²) in [7, 11) is -4.31. The van der Waals surface area contributed by atoms with Gasteiger partial charge in [-0.2, -0.15) is 21.6 Å². The fourth-order valence-corrected chi connectivity index (χ4v) is 7.41. The van der Waals surface area contributed by atoms with Gasteiger partial charge in [-0.15, -0.1) is 5.10 Å². The first-order chi connectivity index (χ1) is 21.7. The Morgan fingerprint density at radius 1 is 1.11 bits per heavy atom. The largest absolute Gasteiger partial charge is 0.477 e. The van der Waals surface area contributed by atoms with Gasteiger partial charge in [-0.1, -0.05) is 6.07 Å². The molecule has 1 saturated carbocycles. The molecule has 5 heterocycles. The number of aromatic nitrogens is 4. The van der Waals surface area contributed by atoms with Crippen molar-refractivity contribution in [2.45, 2.75) is 82.5 Å². The Bertz CT molecular complexity index is 1740. The van der Waals surface area contributed by atoms with E-state index in [1.54, 1.807) is 24.4 Å². The van der Waals surface area contributed by atoms with Crippen LogP contribution in [0.1, 0.15) is 74.7 Å². The van der Waals surface area contributed by atoms with Crippen molar-refractivity contribution >= 4 is 27.6 Å².